The first-order valence-corrected chi connectivity index (χ1v) is 9.37. The van der Waals surface area contributed by atoms with E-state index in [0.717, 1.165) is 22.3 Å². The summed E-state index contributed by atoms with van der Waals surface area (Å²) in [7, 11) is 0. The fourth-order valence-electron chi connectivity index (χ4n) is 2.84. The molecule has 0 saturated heterocycles. The molecule has 0 unspecified atom stereocenters. The Morgan fingerprint density at radius 3 is 2.54 bits per heavy atom. The van der Waals surface area contributed by atoms with E-state index in [9.17, 15) is 9.59 Å². The lowest BCUT2D eigenvalue weighted by molar-refractivity contribution is -0.143. The number of nitrogens with one attached hydrogen (secondary N) is 1. The van der Waals surface area contributed by atoms with Crippen molar-refractivity contribution in [2.45, 2.75) is 19.8 Å². The van der Waals surface area contributed by atoms with Gasteiger partial charge in [0.15, 0.2) is 0 Å². The van der Waals surface area contributed by atoms with Gasteiger partial charge in [0.05, 0.1) is 12.5 Å². The molecule has 1 aliphatic rings. The Balaban J connectivity index is 1.58. The molecule has 1 saturated carbocycles. The third-order valence-corrected chi connectivity index (χ3v) is 4.26. The number of hydrogen-bond donors (Lipinski definition) is 1. The number of carbonyl (C=O) groups is 2. The van der Waals surface area contributed by atoms with Crippen LogP contribution in [-0.2, 0) is 9.53 Å². The van der Waals surface area contributed by atoms with Gasteiger partial charge in [-0.2, -0.15) is 0 Å². The first-order valence-electron chi connectivity index (χ1n) is 9.37. The third-order valence-electron chi connectivity index (χ3n) is 4.26. The van der Waals surface area contributed by atoms with Crippen LogP contribution in [0.25, 0.3) is 10.8 Å². The zero-order valence-electron chi connectivity index (χ0n) is 15.8. The van der Waals surface area contributed by atoms with E-state index in [1.807, 2.05) is 56.0 Å². The molecular formula is C24H22NO3. The highest BCUT2D eigenvalue weighted by molar-refractivity contribution is 5.98. The van der Waals surface area contributed by atoms with Gasteiger partial charge < -0.3 is 10.1 Å². The first-order chi connectivity index (χ1) is 13.7. The van der Waals surface area contributed by atoms with Crippen molar-refractivity contribution in [1.82, 2.24) is 5.32 Å². The lowest BCUT2D eigenvalue weighted by Crippen LogP contribution is -2.25. The van der Waals surface area contributed by atoms with Crippen LogP contribution in [0.5, 0.6) is 0 Å². The van der Waals surface area contributed by atoms with Crippen LogP contribution in [0, 0.1) is 43.4 Å². The molecule has 0 heterocycles. The molecule has 4 nitrogen and oxygen atoms in total. The minimum absolute atomic E-state index is 0.147. The Bertz CT molecular complexity index is 901. The molecule has 1 N–H and O–H groups in total. The Kier molecular flexibility index (Phi) is 7.08. The molecule has 0 aliphatic heterocycles. The summed E-state index contributed by atoms with van der Waals surface area (Å²) in [4.78, 5) is 23.6. The molecule has 141 valence electrons. The Morgan fingerprint density at radius 1 is 1.00 bits per heavy atom. The van der Waals surface area contributed by atoms with Crippen molar-refractivity contribution in [3.05, 3.63) is 79.1 Å². The smallest absolute Gasteiger partial charge is 0.305 e. The van der Waals surface area contributed by atoms with Crippen LogP contribution in [0.3, 0.4) is 0 Å². The number of carbonyl (C=O) groups excluding carboxylic acids is 2. The predicted molar refractivity (Wildman–Crippen MR) is 109 cm³/mol. The van der Waals surface area contributed by atoms with Crippen LogP contribution in [0.4, 0.5) is 0 Å². The van der Waals surface area contributed by atoms with Crippen molar-refractivity contribution >= 4 is 22.6 Å². The van der Waals surface area contributed by atoms with Crippen LogP contribution in [0.1, 0.15) is 35.7 Å². The molecule has 0 atom stereocenters. The third kappa shape index (κ3) is 5.60. The molecule has 2 aromatic carbocycles. The van der Waals surface area contributed by atoms with Crippen LogP contribution in [-0.4, -0.2) is 25.0 Å². The normalized spacial score (nSPS) is 13.8. The van der Waals surface area contributed by atoms with Gasteiger partial charge in [-0.3, -0.25) is 9.59 Å². The van der Waals surface area contributed by atoms with Gasteiger partial charge in [-0.05, 0) is 74.1 Å². The van der Waals surface area contributed by atoms with Gasteiger partial charge in [-0.25, -0.2) is 0 Å². The minimum Gasteiger partial charge on any atom is -0.466 e. The number of fused-ring (bicyclic) bond motifs is 1. The average Bonchev–Trinajstić information content (AvgIpc) is 3.23. The quantitative estimate of drug-likeness (QED) is 0.478. The van der Waals surface area contributed by atoms with Gasteiger partial charge in [0, 0.05) is 24.1 Å². The Morgan fingerprint density at radius 2 is 1.75 bits per heavy atom. The molecule has 3 rings (SSSR count). The van der Waals surface area contributed by atoms with E-state index in [2.05, 4.69) is 17.2 Å². The molecule has 2 aromatic rings. The summed E-state index contributed by atoms with van der Waals surface area (Å²) in [6.45, 7) is 2.59. The van der Waals surface area contributed by atoms with Crippen molar-refractivity contribution in [2.75, 3.05) is 13.2 Å². The molecule has 1 aliphatic carbocycles. The maximum atomic E-state index is 12.3. The number of rotatable bonds is 6. The second kappa shape index (κ2) is 9.94. The Hall–Kier alpha value is -2.80. The van der Waals surface area contributed by atoms with Gasteiger partial charge in [0.25, 0.3) is 5.91 Å². The fourth-order valence-corrected chi connectivity index (χ4v) is 2.84. The number of amides is 1. The minimum atomic E-state index is -0.236. The van der Waals surface area contributed by atoms with Gasteiger partial charge in [0.1, 0.15) is 0 Å². The summed E-state index contributed by atoms with van der Waals surface area (Å²) in [6, 6.07) is 11.5. The first kappa shape index (κ1) is 19.9. The highest BCUT2D eigenvalue weighted by Crippen LogP contribution is 2.22. The summed E-state index contributed by atoms with van der Waals surface area (Å²) in [5.74, 6) is 6.91. The summed E-state index contributed by atoms with van der Waals surface area (Å²) < 4.78 is 4.87. The van der Waals surface area contributed by atoms with E-state index in [4.69, 9.17) is 4.74 Å². The molecule has 28 heavy (non-hydrogen) atoms. The van der Waals surface area contributed by atoms with Crippen molar-refractivity contribution in [1.29, 1.82) is 0 Å². The summed E-state index contributed by atoms with van der Waals surface area (Å²) in [5.41, 5.74) is 1.53. The maximum Gasteiger partial charge on any atom is 0.305 e. The van der Waals surface area contributed by atoms with Crippen LogP contribution < -0.4 is 5.32 Å². The second-order valence-electron chi connectivity index (χ2n) is 6.36. The van der Waals surface area contributed by atoms with E-state index in [1.54, 1.807) is 13.0 Å². The molecular weight excluding hydrogens is 350 g/mol. The van der Waals surface area contributed by atoms with E-state index in [0.29, 0.717) is 31.6 Å². The average molecular weight is 372 g/mol. The molecule has 0 bridgehead atoms. The molecule has 4 heteroatoms. The number of benzene rings is 2. The van der Waals surface area contributed by atoms with Gasteiger partial charge in [0.2, 0.25) is 0 Å². The molecule has 5 radical (unpaired) electrons. The lowest BCUT2D eigenvalue weighted by Gasteiger charge is -2.07. The van der Waals surface area contributed by atoms with E-state index in [-0.39, 0.29) is 11.9 Å². The highest BCUT2D eigenvalue weighted by Gasteiger charge is 2.14. The molecule has 0 spiro atoms. The fraction of sp³-hybridized carbons (Fsp3) is 0.208. The van der Waals surface area contributed by atoms with Crippen molar-refractivity contribution in [2.24, 2.45) is 0 Å². The summed E-state index contributed by atoms with van der Waals surface area (Å²) >= 11 is 0. The largest absolute Gasteiger partial charge is 0.466 e. The number of esters is 1. The number of hydrogen-bond acceptors (Lipinski definition) is 3. The molecule has 1 fully saturated rings. The van der Waals surface area contributed by atoms with E-state index >= 15 is 0 Å². The maximum absolute atomic E-state index is 12.3. The SMILES string of the molecule is CCOC(=O)CCCNC(=O)c1ccc2cc(C#C[C]3[CH][CH][CH][CH]3)ccc2c1. The highest BCUT2D eigenvalue weighted by atomic mass is 16.5. The zero-order valence-corrected chi connectivity index (χ0v) is 15.8. The van der Waals surface area contributed by atoms with E-state index < -0.39 is 0 Å². The Labute approximate surface area is 166 Å². The predicted octanol–water partition coefficient (Wildman–Crippen LogP) is 3.67. The standard InChI is InChI=1S/C24H22NO3/c1-2-28-23(26)8-5-15-25-24(27)22-14-13-20-16-19(11-12-21(20)17-22)10-9-18-6-3-4-7-18/h3-4,6-7,11-14,16-17H,2,5,8,15H2,1H3,(H,25,27). The monoisotopic (exact) mass is 372 g/mol. The van der Waals surface area contributed by atoms with Gasteiger partial charge in [-0.1, -0.05) is 24.0 Å². The van der Waals surface area contributed by atoms with Crippen molar-refractivity contribution < 1.29 is 14.3 Å². The molecule has 1 amide bonds. The lowest BCUT2D eigenvalue weighted by atomic mass is 10.0. The van der Waals surface area contributed by atoms with Crippen LogP contribution in [0.15, 0.2) is 36.4 Å². The summed E-state index contributed by atoms with van der Waals surface area (Å²) in [6.07, 6.45) is 8.75. The van der Waals surface area contributed by atoms with Crippen molar-refractivity contribution in [3.8, 4) is 11.8 Å². The number of ether oxygens (including phenoxy) is 1. The topological polar surface area (TPSA) is 55.4 Å². The second-order valence-corrected chi connectivity index (χ2v) is 6.36. The zero-order chi connectivity index (χ0) is 19.8. The van der Waals surface area contributed by atoms with Crippen LogP contribution in [0.2, 0.25) is 0 Å². The van der Waals surface area contributed by atoms with E-state index in [1.165, 1.54) is 0 Å². The van der Waals surface area contributed by atoms with Gasteiger partial charge >= 0.3 is 5.97 Å². The van der Waals surface area contributed by atoms with Crippen LogP contribution >= 0.6 is 0 Å². The van der Waals surface area contributed by atoms with Gasteiger partial charge in [-0.15, -0.1) is 0 Å². The molecule has 0 aromatic heterocycles. The summed E-state index contributed by atoms with van der Waals surface area (Å²) in [5, 5.41) is 4.86. The van der Waals surface area contributed by atoms with Crippen molar-refractivity contribution in [3.63, 3.8) is 0 Å².